The fourth-order valence-corrected chi connectivity index (χ4v) is 3.64. The van der Waals surface area contributed by atoms with E-state index in [-0.39, 0.29) is 0 Å². The highest BCUT2D eigenvalue weighted by Gasteiger charge is 2.36. The van der Waals surface area contributed by atoms with Crippen LogP contribution < -0.4 is 5.32 Å². The summed E-state index contributed by atoms with van der Waals surface area (Å²) in [6.45, 7) is 12.3. The quantitative estimate of drug-likeness (QED) is 0.762. The lowest BCUT2D eigenvalue weighted by Crippen LogP contribution is -2.46. The molecule has 2 unspecified atom stereocenters. The van der Waals surface area contributed by atoms with Crippen LogP contribution in [0.15, 0.2) is 0 Å². The Balaban J connectivity index is 1.81. The molecule has 2 saturated heterocycles. The van der Waals surface area contributed by atoms with Gasteiger partial charge in [-0.25, -0.2) is 0 Å². The maximum absolute atomic E-state index is 5.71. The van der Waals surface area contributed by atoms with E-state index < -0.39 is 0 Å². The van der Waals surface area contributed by atoms with Gasteiger partial charge in [-0.1, -0.05) is 13.8 Å². The molecule has 0 saturated carbocycles. The second-order valence-electron chi connectivity index (χ2n) is 7.45. The van der Waals surface area contributed by atoms with Crippen molar-refractivity contribution in [3.8, 4) is 0 Å². The minimum Gasteiger partial charge on any atom is -0.381 e. The number of nitrogens with zero attached hydrogens (tertiary/aromatic N) is 2. The molecular formula is C16H33N3O. The third kappa shape index (κ3) is 4.69. The predicted molar refractivity (Wildman–Crippen MR) is 84.1 cm³/mol. The lowest BCUT2D eigenvalue weighted by molar-refractivity contribution is 0.111. The molecule has 0 spiro atoms. The molecule has 118 valence electrons. The summed E-state index contributed by atoms with van der Waals surface area (Å²) in [6.07, 6.45) is 2.55. The fraction of sp³-hybridized carbons (Fsp3) is 1.00. The van der Waals surface area contributed by atoms with E-state index in [0.717, 1.165) is 32.2 Å². The first kappa shape index (κ1) is 16.2. The first-order valence-corrected chi connectivity index (χ1v) is 8.17. The normalized spacial score (nSPS) is 31.8. The third-order valence-electron chi connectivity index (χ3n) is 4.73. The van der Waals surface area contributed by atoms with Crippen LogP contribution in [-0.4, -0.2) is 75.9 Å². The van der Waals surface area contributed by atoms with Gasteiger partial charge in [-0.3, -0.25) is 0 Å². The summed E-state index contributed by atoms with van der Waals surface area (Å²) in [5.74, 6) is 0.849. The van der Waals surface area contributed by atoms with Crippen molar-refractivity contribution in [3.63, 3.8) is 0 Å². The van der Waals surface area contributed by atoms with Crippen LogP contribution in [0.25, 0.3) is 0 Å². The first-order chi connectivity index (χ1) is 9.49. The van der Waals surface area contributed by atoms with Crippen LogP contribution >= 0.6 is 0 Å². The van der Waals surface area contributed by atoms with Crippen molar-refractivity contribution < 1.29 is 4.74 Å². The second-order valence-corrected chi connectivity index (χ2v) is 7.45. The molecule has 2 heterocycles. The van der Waals surface area contributed by atoms with Gasteiger partial charge in [0, 0.05) is 44.2 Å². The van der Waals surface area contributed by atoms with E-state index in [2.05, 4.69) is 43.1 Å². The summed E-state index contributed by atoms with van der Waals surface area (Å²) in [5, 5.41) is 3.62. The smallest absolute Gasteiger partial charge is 0.0547 e. The Morgan fingerprint density at radius 3 is 2.80 bits per heavy atom. The molecule has 0 aromatic rings. The van der Waals surface area contributed by atoms with Crippen LogP contribution in [0.2, 0.25) is 0 Å². The summed E-state index contributed by atoms with van der Waals surface area (Å²) < 4.78 is 5.71. The molecule has 2 aliphatic rings. The Bertz CT molecular complexity index is 289. The van der Waals surface area contributed by atoms with Crippen LogP contribution in [0.4, 0.5) is 0 Å². The molecule has 4 heteroatoms. The van der Waals surface area contributed by atoms with Crippen molar-refractivity contribution in [2.45, 2.75) is 32.7 Å². The van der Waals surface area contributed by atoms with E-state index in [9.17, 15) is 0 Å². The van der Waals surface area contributed by atoms with E-state index in [1.165, 1.54) is 32.5 Å². The maximum Gasteiger partial charge on any atom is 0.0547 e. The van der Waals surface area contributed by atoms with Gasteiger partial charge in [0.1, 0.15) is 0 Å². The van der Waals surface area contributed by atoms with Crippen molar-refractivity contribution in [3.05, 3.63) is 0 Å². The van der Waals surface area contributed by atoms with E-state index in [1.807, 2.05) is 0 Å². The van der Waals surface area contributed by atoms with Gasteiger partial charge in [0.05, 0.1) is 6.61 Å². The molecule has 0 aliphatic carbocycles. The highest BCUT2D eigenvalue weighted by molar-refractivity contribution is 4.89. The maximum atomic E-state index is 5.71. The Morgan fingerprint density at radius 1 is 1.45 bits per heavy atom. The number of rotatable bonds is 7. The monoisotopic (exact) mass is 283 g/mol. The third-order valence-corrected chi connectivity index (χ3v) is 4.73. The minimum absolute atomic E-state index is 0.323. The summed E-state index contributed by atoms with van der Waals surface area (Å²) in [5.41, 5.74) is 0.323. The molecule has 0 radical (unpaired) electrons. The molecular weight excluding hydrogens is 250 g/mol. The number of hydrogen-bond acceptors (Lipinski definition) is 4. The van der Waals surface area contributed by atoms with Crippen LogP contribution in [0.1, 0.15) is 26.7 Å². The SMILES string of the molecule is CC(C)NCC1(CN(C)CC2CCN(C)C2)CCOC1. The number of likely N-dealkylation sites (tertiary alicyclic amines) is 1. The molecule has 0 aromatic carbocycles. The zero-order chi connectivity index (χ0) is 14.6. The highest BCUT2D eigenvalue weighted by Crippen LogP contribution is 2.29. The van der Waals surface area contributed by atoms with E-state index in [0.29, 0.717) is 11.5 Å². The molecule has 2 fully saturated rings. The second kappa shape index (κ2) is 7.21. The molecule has 2 atom stereocenters. The Morgan fingerprint density at radius 2 is 2.25 bits per heavy atom. The molecule has 2 aliphatic heterocycles. The zero-order valence-electron chi connectivity index (χ0n) is 13.8. The minimum atomic E-state index is 0.323. The van der Waals surface area contributed by atoms with Crippen LogP contribution in [0, 0.1) is 11.3 Å². The van der Waals surface area contributed by atoms with Crippen LogP contribution in [-0.2, 0) is 4.74 Å². The van der Waals surface area contributed by atoms with Gasteiger partial charge in [-0.2, -0.15) is 0 Å². The van der Waals surface area contributed by atoms with E-state index in [4.69, 9.17) is 4.74 Å². The van der Waals surface area contributed by atoms with Gasteiger partial charge in [-0.05, 0) is 39.4 Å². The summed E-state index contributed by atoms with van der Waals surface area (Å²) in [6, 6.07) is 0.557. The number of ether oxygens (including phenoxy) is 1. The predicted octanol–water partition coefficient (Wildman–Crippen LogP) is 1.27. The van der Waals surface area contributed by atoms with Gasteiger partial charge >= 0.3 is 0 Å². The van der Waals surface area contributed by atoms with Gasteiger partial charge in [0.2, 0.25) is 0 Å². The van der Waals surface area contributed by atoms with Crippen molar-refractivity contribution in [2.24, 2.45) is 11.3 Å². The summed E-state index contributed by atoms with van der Waals surface area (Å²) in [4.78, 5) is 4.99. The lowest BCUT2D eigenvalue weighted by Gasteiger charge is -2.34. The Kier molecular flexibility index (Phi) is 5.84. The van der Waals surface area contributed by atoms with Crippen LogP contribution in [0.3, 0.4) is 0 Å². The van der Waals surface area contributed by atoms with E-state index in [1.54, 1.807) is 0 Å². The number of hydrogen-bond donors (Lipinski definition) is 1. The van der Waals surface area contributed by atoms with Gasteiger partial charge in [0.15, 0.2) is 0 Å². The van der Waals surface area contributed by atoms with Gasteiger partial charge in [-0.15, -0.1) is 0 Å². The summed E-state index contributed by atoms with van der Waals surface area (Å²) in [7, 11) is 4.52. The molecule has 0 aromatic heterocycles. The van der Waals surface area contributed by atoms with Gasteiger partial charge in [0.25, 0.3) is 0 Å². The fourth-order valence-electron chi connectivity index (χ4n) is 3.64. The molecule has 0 amide bonds. The topological polar surface area (TPSA) is 27.7 Å². The Hall–Kier alpha value is -0.160. The largest absolute Gasteiger partial charge is 0.381 e. The average Bonchev–Trinajstić information content (AvgIpc) is 2.97. The zero-order valence-corrected chi connectivity index (χ0v) is 13.8. The molecule has 20 heavy (non-hydrogen) atoms. The summed E-state index contributed by atoms with van der Waals surface area (Å²) >= 11 is 0. The standard InChI is InChI=1S/C16H33N3O/c1-14(2)17-11-16(6-8-20-13-16)12-19(4)10-15-5-7-18(3)9-15/h14-15,17H,5-13H2,1-4H3. The average molecular weight is 283 g/mol. The molecule has 1 N–H and O–H groups in total. The Labute approximate surface area is 124 Å². The van der Waals surface area contributed by atoms with Crippen molar-refractivity contribution in [1.29, 1.82) is 0 Å². The number of nitrogens with one attached hydrogen (secondary N) is 1. The van der Waals surface area contributed by atoms with Crippen molar-refractivity contribution >= 4 is 0 Å². The van der Waals surface area contributed by atoms with Crippen molar-refractivity contribution in [2.75, 3.05) is 60.0 Å². The lowest BCUT2D eigenvalue weighted by atomic mass is 9.86. The molecule has 2 rings (SSSR count). The molecule has 4 nitrogen and oxygen atoms in total. The van der Waals surface area contributed by atoms with Crippen molar-refractivity contribution in [1.82, 2.24) is 15.1 Å². The highest BCUT2D eigenvalue weighted by atomic mass is 16.5. The van der Waals surface area contributed by atoms with Crippen LogP contribution in [0.5, 0.6) is 0 Å². The molecule has 0 bridgehead atoms. The first-order valence-electron chi connectivity index (χ1n) is 8.17. The van der Waals surface area contributed by atoms with Gasteiger partial charge < -0.3 is 19.9 Å². The van der Waals surface area contributed by atoms with E-state index >= 15 is 0 Å².